The third-order valence-corrected chi connectivity index (χ3v) is 3.13. The van der Waals surface area contributed by atoms with E-state index in [0.29, 0.717) is 6.54 Å². The molecule has 18 heavy (non-hydrogen) atoms. The van der Waals surface area contributed by atoms with Crippen molar-refractivity contribution in [3.05, 3.63) is 58.3 Å². The van der Waals surface area contributed by atoms with Gasteiger partial charge in [-0.1, -0.05) is 22.0 Å². The van der Waals surface area contributed by atoms with Gasteiger partial charge in [-0.2, -0.15) is 0 Å². The van der Waals surface area contributed by atoms with E-state index >= 15 is 0 Å². The molecule has 4 heteroatoms. The van der Waals surface area contributed by atoms with Crippen molar-refractivity contribution in [2.24, 2.45) is 5.73 Å². The summed E-state index contributed by atoms with van der Waals surface area (Å²) in [6.45, 7) is 2.40. The Labute approximate surface area is 115 Å². The number of rotatable bonds is 4. The zero-order valence-corrected chi connectivity index (χ0v) is 11.7. The molecule has 3 nitrogen and oxygen atoms in total. The summed E-state index contributed by atoms with van der Waals surface area (Å²) in [5.41, 5.74) is 7.68. The molecular weight excluding hydrogens is 292 g/mol. The molecule has 0 amide bonds. The van der Waals surface area contributed by atoms with Crippen LogP contribution in [0.1, 0.15) is 17.4 Å². The molecule has 0 saturated heterocycles. The lowest BCUT2D eigenvalue weighted by molar-refractivity contribution is 0.208. The van der Waals surface area contributed by atoms with Crippen LogP contribution in [0.25, 0.3) is 0 Å². The van der Waals surface area contributed by atoms with Crippen LogP contribution < -0.4 is 10.5 Å². The van der Waals surface area contributed by atoms with Gasteiger partial charge >= 0.3 is 0 Å². The molecule has 1 aromatic heterocycles. The summed E-state index contributed by atoms with van der Waals surface area (Å²) in [6, 6.07) is 11.6. The van der Waals surface area contributed by atoms with Crippen molar-refractivity contribution in [3.8, 4) is 5.75 Å². The standard InChI is InChI=1S/C14H15BrN2O/c1-10-8-11(15)5-6-13(10)18-14(9-16)12-4-2-3-7-17-12/h2-8,14H,9,16H2,1H3. The first-order valence-corrected chi connectivity index (χ1v) is 6.54. The van der Waals surface area contributed by atoms with E-state index in [4.69, 9.17) is 10.5 Å². The molecule has 0 aliphatic carbocycles. The molecule has 0 fully saturated rings. The molecule has 1 heterocycles. The van der Waals surface area contributed by atoms with Crippen LogP contribution in [0.4, 0.5) is 0 Å². The third-order valence-electron chi connectivity index (χ3n) is 2.64. The van der Waals surface area contributed by atoms with Crippen LogP contribution in [-0.4, -0.2) is 11.5 Å². The Morgan fingerprint density at radius 3 is 2.78 bits per heavy atom. The number of ether oxygens (including phenoxy) is 1. The zero-order valence-electron chi connectivity index (χ0n) is 10.1. The van der Waals surface area contributed by atoms with Gasteiger partial charge in [0.05, 0.1) is 5.69 Å². The first kappa shape index (κ1) is 13.1. The monoisotopic (exact) mass is 306 g/mol. The van der Waals surface area contributed by atoms with Crippen molar-refractivity contribution in [1.82, 2.24) is 4.98 Å². The molecule has 2 rings (SSSR count). The molecule has 0 bridgehead atoms. The second kappa shape index (κ2) is 5.98. The molecule has 2 aromatic rings. The fourth-order valence-corrected chi connectivity index (χ4v) is 2.17. The Balaban J connectivity index is 2.21. The quantitative estimate of drug-likeness (QED) is 0.943. The van der Waals surface area contributed by atoms with E-state index in [1.165, 1.54) is 0 Å². The molecule has 1 atom stereocenters. The van der Waals surface area contributed by atoms with Crippen LogP contribution in [0, 0.1) is 6.92 Å². The topological polar surface area (TPSA) is 48.1 Å². The van der Waals surface area contributed by atoms with Crippen molar-refractivity contribution in [2.45, 2.75) is 13.0 Å². The number of nitrogens with two attached hydrogens (primary N) is 1. The minimum Gasteiger partial charge on any atom is -0.483 e. The van der Waals surface area contributed by atoms with Gasteiger partial charge in [0.1, 0.15) is 5.75 Å². The largest absolute Gasteiger partial charge is 0.483 e. The lowest BCUT2D eigenvalue weighted by Gasteiger charge is -2.18. The number of pyridine rings is 1. The Hall–Kier alpha value is -1.39. The average Bonchev–Trinajstić information content (AvgIpc) is 2.39. The van der Waals surface area contributed by atoms with Crippen molar-refractivity contribution in [3.63, 3.8) is 0 Å². The summed E-state index contributed by atoms with van der Waals surface area (Å²) < 4.78 is 6.96. The average molecular weight is 307 g/mol. The predicted molar refractivity (Wildman–Crippen MR) is 75.5 cm³/mol. The fourth-order valence-electron chi connectivity index (χ4n) is 1.69. The molecule has 1 aromatic carbocycles. The highest BCUT2D eigenvalue weighted by Gasteiger charge is 2.13. The minimum atomic E-state index is -0.217. The number of halogens is 1. The van der Waals surface area contributed by atoms with Gasteiger partial charge in [0.25, 0.3) is 0 Å². The van der Waals surface area contributed by atoms with Crippen molar-refractivity contribution in [1.29, 1.82) is 0 Å². The van der Waals surface area contributed by atoms with Gasteiger partial charge in [-0.15, -0.1) is 0 Å². The minimum absolute atomic E-state index is 0.217. The lowest BCUT2D eigenvalue weighted by atomic mass is 10.2. The van der Waals surface area contributed by atoms with Crippen LogP contribution in [0.15, 0.2) is 47.1 Å². The second-order valence-corrected chi connectivity index (χ2v) is 4.92. The maximum atomic E-state index is 5.93. The Morgan fingerprint density at radius 1 is 1.33 bits per heavy atom. The molecule has 0 aliphatic rings. The molecule has 0 saturated carbocycles. The van der Waals surface area contributed by atoms with Gasteiger partial charge in [-0.25, -0.2) is 0 Å². The van der Waals surface area contributed by atoms with E-state index in [1.807, 2.05) is 43.3 Å². The van der Waals surface area contributed by atoms with Crippen molar-refractivity contribution < 1.29 is 4.74 Å². The summed E-state index contributed by atoms with van der Waals surface area (Å²) >= 11 is 3.43. The summed E-state index contributed by atoms with van der Waals surface area (Å²) in [5, 5.41) is 0. The maximum Gasteiger partial charge on any atom is 0.153 e. The van der Waals surface area contributed by atoms with E-state index in [2.05, 4.69) is 20.9 Å². The predicted octanol–water partition coefficient (Wildman–Crippen LogP) is 3.23. The second-order valence-electron chi connectivity index (χ2n) is 4.01. The fraction of sp³-hybridized carbons (Fsp3) is 0.214. The summed E-state index contributed by atoms with van der Waals surface area (Å²) in [4.78, 5) is 4.28. The van der Waals surface area contributed by atoms with E-state index in [9.17, 15) is 0 Å². The smallest absolute Gasteiger partial charge is 0.153 e. The number of hydrogen-bond acceptors (Lipinski definition) is 3. The molecule has 0 radical (unpaired) electrons. The van der Waals surface area contributed by atoms with E-state index in [0.717, 1.165) is 21.5 Å². The number of aryl methyl sites for hydroxylation is 1. The number of benzene rings is 1. The zero-order chi connectivity index (χ0) is 13.0. The number of hydrogen-bond donors (Lipinski definition) is 1. The summed E-state index contributed by atoms with van der Waals surface area (Å²) in [5.74, 6) is 0.833. The van der Waals surface area contributed by atoms with E-state index in [1.54, 1.807) is 6.20 Å². The Kier molecular flexibility index (Phi) is 4.33. The van der Waals surface area contributed by atoms with Crippen LogP contribution in [0.2, 0.25) is 0 Å². The molecule has 1 unspecified atom stereocenters. The molecule has 0 aliphatic heterocycles. The first-order chi connectivity index (χ1) is 8.70. The number of aromatic nitrogens is 1. The normalized spacial score (nSPS) is 12.2. The van der Waals surface area contributed by atoms with Crippen molar-refractivity contribution >= 4 is 15.9 Å². The van der Waals surface area contributed by atoms with Gasteiger partial charge in [-0.3, -0.25) is 4.98 Å². The Bertz CT molecular complexity index is 516. The molecule has 0 spiro atoms. The molecule has 2 N–H and O–H groups in total. The lowest BCUT2D eigenvalue weighted by Crippen LogP contribution is -2.19. The van der Waals surface area contributed by atoms with Gasteiger partial charge in [0.2, 0.25) is 0 Å². The first-order valence-electron chi connectivity index (χ1n) is 5.74. The molecular formula is C14H15BrN2O. The van der Waals surface area contributed by atoms with Gasteiger partial charge in [-0.05, 0) is 42.8 Å². The highest BCUT2D eigenvalue weighted by atomic mass is 79.9. The summed E-state index contributed by atoms with van der Waals surface area (Å²) in [6.07, 6.45) is 1.53. The van der Waals surface area contributed by atoms with Gasteiger partial charge < -0.3 is 10.5 Å². The van der Waals surface area contributed by atoms with Crippen LogP contribution >= 0.6 is 15.9 Å². The van der Waals surface area contributed by atoms with Gasteiger partial charge in [0.15, 0.2) is 6.10 Å². The SMILES string of the molecule is Cc1cc(Br)ccc1OC(CN)c1ccccn1. The van der Waals surface area contributed by atoms with Gasteiger partial charge in [0, 0.05) is 17.2 Å². The maximum absolute atomic E-state index is 5.93. The number of nitrogens with zero attached hydrogens (tertiary/aromatic N) is 1. The van der Waals surface area contributed by atoms with Crippen molar-refractivity contribution in [2.75, 3.05) is 6.54 Å². The van der Waals surface area contributed by atoms with E-state index in [-0.39, 0.29) is 6.10 Å². The highest BCUT2D eigenvalue weighted by Crippen LogP contribution is 2.26. The van der Waals surface area contributed by atoms with Crippen LogP contribution in [0.3, 0.4) is 0 Å². The van der Waals surface area contributed by atoms with E-state index < -0.39 is 0 Å². The third kappa shape index (κ3) is 3.09. The highest BCUT2D eigenvalue weighted by molar-refractivity contribution is 9.10. The van der Waals surface area contributed by atoms with Crippen LogP contribution in [0.5, 0.6) is 5.75 Å². The van der Waals surface area contributed by atoms with Crippen LogP contribution in [-0.2, 0) is 0 Å². The Morgan fingerprint density at radius 2 is 2.17 bits per heavy atom. The molecule has 94 valence electrons. The summed E-state index contributed by atoms with van der Waals surface area (Å²) in [7, 11) is 0.